The fourth-order valence-corrected chi connectivity index (χ4v) is 6.09. The number of rotatable bonds is 16. The van der Waals surface area contributed by atoms with Gasteiger partial charge in [0.15, 0.2) is 0 Å². The Balaban J connectivity index is 1.48. The molecule has 5 unspecified atom stereocenters. The van der Waals surface area contributed by atoms with Crippen LogP contribution in [0.4, 0.5) is 0 Å². The summed E-state index contributed by atoms with van der Waals surface area (Å²) in [7, 11) is 1.60. The number of likely N-dealkylation sites (tertiary alicyclic amines) is 1. The van der Waals surface area contributed by atoms with E-state index in [1.54, 1.807) is 23.8 Å². The van der Waals surface area contributed by atoms with Crippen molar-refractivity contribution in [1.29, 1.82) is 0 Å². The van der Waals surface area contributed by atoms with Crippen LogP contribution in [0, 0.1) is 5.92 Å². The minimum Gasteiger partial charge on any atom is -0.394 e. The first-order valence-electron chi connectivity index (χ1n) is 13.0. The van der Waals surface area contributed by atoms with Crippen LogP contribution in [0.25, 0.3) is 0 Å². The molecule has 0 spiro atoms. The fraction of sp³-hybridized carbons (Fsp3) is 0.920. The molecule has 0 aromatic rings. The minimum absolute atomic E-state index is 0.0333. The fourth-order valence-electron chi connectivity index (χ4n) is 4.80. The van der Waals surface area contributed by atoms with E-state index in [0.717, 1.165) is 44.3 Å². The average Bonchev–Trinajstić information content (AvgIpc) is 3.21. The Labute approximate surface area is 213 Å². The molecule has 2 aliphatic heterocycles. The van der Waals surface area contributed by atoms with Gasteiger partial charge in [0, 0.05) is 38.8 Å². The molecule has 10 heteroatoms. The van der Waals surface area contributed by atoms with Crippen molar-refractivity contribution in [3.8, 4) is 0 Å². The van der Waals surface area contributed by atoms with Gasteiger partial charge in [0.25, 0.3) is 0 Å². The van der Waals surface area contributed by atoms with Gasteiger partial charge in [-0.05, 0) is 37.9 Å². The Morgan fingerprint density at radius 3 is 2.31 bits per heavy atom. The number of carbonyl (C=O) groups is 2. The molecular formula is C25H45NO8S. The molecule has 1 amide bonds. The largest absolute Gasteiger partial charge is 0.394 e. The molecule has 0 aromatic heterocycles. The number of β-amino-alcohol motifs (C(OH)–C–C–N with tert-alkyl or cyclic N) is 1. The van der Waals surface area contributed by atoms with Crippen LogP contribution in [0.15, 0.2) is 0 Å². The highest BCUT2D eigenvalue weighted by atomic mass is 32.2. The molecule has 4 N–H and O–H groups in total. The average molecular weight is 520 g/mol. The van der Waals surface area contributed by atoms with Gasteiger partial charge < -0.3 is 34.8 Å². The number of hydrogen-bond donors (Lipinski definition) is 4. The van der Waals surface area contributed by atoms with Crippen molar-refractivity contribution in [3.63, 3.8) is 0 Å². The van der Waals surface area contributed by atoms with E-state index in [2.05, 4.69) is 0 Å². The second-order valence-corrected chi connectivity index (χ2v) is 11.1. The van der Waals surface area contributed by atoms with Gasteiger partial charge in [0.1, 0.15) is 23.4 Å². The first-order chi connectivity index (χ1) is 16.8. The van der Waals surface area contributed by atoms with Crippen molar-refractivity contribution in [1.82, 2.24) is 4.90 Å². The van der Waals surface area contributed by atoms with Gasteiger partial charge in [-0.2, -0.15) is 0 Å². The normalized spacial score (nSPS) is 31.1. The topological polar surface area (TPSA) is 137 Å². The van der Waals surface area contributed by atoms with Crippen LogP contribution in [0.5, 0.6) is 0 Å². The van der Waals surface area contributed by atoms with E-state index in [9.17, 15) is 30.0 Å². The second-order valence-electron chi connectivity index (χ2n) is 9.89. The summed E-state index contributed by atoms with van der Waals surface area (Å²) >= 11 is 1.56. The number of aliphatic hydroxyl groups is 4. The van der Waals surface area contributed by atoms with Crippen LogP contribution >= 0.6 is 11.8 Å². The highest BCUT2D eigenvalue weighted by Gasteiger charge is 2.41. The number of aliphatic hydroxyl groups excluding tert-OH is 4. The first kappa shape index (κ1) is 30.5. The number of amides is 1. The summed E-state index contributed by atoms with van der Waals surface area (Å²) in [5, 5.41) is 39.2. The zero-order chi connectivity index (χ0) is 25.8. The number of ether oxygens (including phenoxy) is 2. The number of thioether (sulfide) groups is 1. The summed E-state index contributed by atoms with van der Waals surface area (Å²) in [6.45, 7) is 2.34. The van der Waals surface area contributed by atoms with Crippen molar-refractivity contribution in [2.75, 3.05) is 32.6 Å². The summed E-state index contributed by atoms with van der Waals surface area (Å²) in [5.41, 5.74) is -0.283. The maximum absolute atomic E-state index is 12.4. The zero-order valence-electron chi connectivity index (χ0n) is 21.2. The lowest BCUT2D eigenvalue weighted by molar-refractivity contribution is -0.181. The Morgan fingerprint density at radius 2 is 1.66 bits per heavy atom. The van der Waals surface area contributed by atoms with Crippen molar-refractivity contribution >= 4 is 23.5 Å². The molecule has 2 saturated heterocycles. The maximum atomic E-state index is 12.4. The summed E-state index contributed by atoms with van der Waals surface area (Å²) in [6.07, 6.45) is 4.09. The van der Waals surface area contributed by atoms with Crippen LogP contribution in [0.3, 0.4) is 0 Å². The van der Waals surface area contributed by atoms with E-state index in [4.69, 9.17) is 9.47 Å². The molecule has 0 radical (unpaired) electrons. The number of ketones is 1. The predicted molar refractivity (Wildman–Crippen MR) is 134 cm³/mol. The Morgan fingerprint density at radius 1 is 1.00 bits per heavy atom. The van der Waals surface area contributed by atoms with E-state index >= 15 is 0 Å². The highest BCUT2D eigenvalue weighted by molar-refractivity contribution is 7.99. The number of unbranched alkanes of at least 4 members (excludes halogenated alkanes) is 4. The summed E-state index contributed by atoms with van der Waals surface area (Å²) < 4.78 is 10.9. The highest BCUT2D eigenvalue weighted by Crippen LogP contribution is 2.33. The van der Waals surface area contributed by atoms with Crippen molar-refractivity contribution < 1.29 is 39.5 Å². The molecule has 0 aliphatic carbocycles. The summed E-state index contributed by atoms with van der Waals surface area (Å²) in [6, 6.07) is -0.0333. The molecule has 2 rings (SSSR count). The summed E-state index contributed by atoms with van der Waals surface area (Å²) in [5.74, 6) is 0.892. The summed E-state index contributed by atoms with van der Waals surface area (Å²) in [4.78, 5) is 26.3. The molecule has 35 heavy (non-hydrogen) atoms. The quantitative estimate of drug-likeness (QED) is 0.224. The number of nitrogens with zero attached hydrogens (tertiary/aromatic N) is 1. The zero-order valence-corrected chi connectivity index (χ0v) is 22.0. The third-order valence-electron chi connectivity index (χ3n) is 6.99. The molecule has 2 fully saturated rings. The van der Waals surface area contributed by atoms with E-state index in [0.29, 0.717) is 38.8 Å². The van der Waals surface area contributed by atoms with Gasteiger partial charge in [-0.25, -0.2) is 0 Å². The van der Waals surface area contributed by atoms with E-state index < -0.39 is 24.4 Å². The third kappa shape index (κ3) is 9.91. The molecule has 0 bridgehead atoms. The van der Waals surface area contributed by atoms with Gasteiger partial charge in [-0.1, -0.05) is 19.8 Å². The molecule has 2 aliphatic rings. The molecule has 204 valence electrons. The lowest BCUT2D eigenvalue weighted by Gasteiger charge is -2.40. The number of methoxy groups -OCH3 is 1. The van der Waals surface area contributed by atoms with Crippen LogP contribution in [-0.2, 0) is 19.1 Å². The standard InChI is InChI=1S/C25H45NO8S/c1-17-23(31)24(32)21(15-27)34-25(17)35-12-8-7-10-19(28)9-5-3-4-6-11-22(30)26-14-20(29)13-18(26)16-33-2/h17-18,20-21,23-25,27,29,31-32H,3-16H2,1-2H3/t17?,18-,20+,21?,23?,24?,25?/m0/s1. The lowest BCUT2D eigenvalue weighted by Crippen LogP contribution is -2.53. The van der Waals surface area contributed by atoms with E-state index in [1.807, 2.05) is 6.92 Å². The molecular weight excluding hydrogens is 474 g/mol. The van der Waals surface area contributed by atoms with Gasteiger partial charge >= 0.3 is 0 Å². The first-order valence-corrected chi connectivity index (χ1v) is 14.1. The second kappa shape index (κ2) is 16.2. The van der Waals surface area contributed by atoms with Gasteiger partial charge in [0.05, 0.1) is 31.5 Å². The minimum atomic E-state index is -1.07. The van der Waals surface area contributed by atoms with Gasteiger partial charge in [-0.15, -0.1) is 11.8 Å². The van der Waals surface area contributed by atoms with Crippen molar-refractivity contribution in [2.45, 2.75) is 107 Å². The van der Waals surface area contributed by atoms with Gasteiger partial charge in [0.2, 0.25) is 5.91 Å². The lowest BCUT2D eigenvalue weighted by atomic mass is 9.94. The number of hydrogen-bond acceptors (Lipinski definition) is 9. The smallest absolute Gasteiger partial charge is 0.222 e. The Bertz CT molecular complexity index is 637. The van der Waals surface area contributed by atoms with E-state index in [-0.39, 0.29) is 35.7 Å². The SMILES string of the molecule is COC[C@@H]1C[C@@H](O)CN1C(=O)CCCCCCC(=O)CCCCSC1OC(CO)C(O)C(O)C1C. The number of carbonyl (C=O) groups excluding carboxylic acids is 2. The monoisotopic (exact) mass is 519 g/mol. The molecule has 9 nitrogen and oxygen atoms in total. The Kier molecular flexibility index (Phi) is 14.1. The van der Waals surface area contributed by atoms with Crippen LogP contribution < -0.4 is 0 Å². The van der Waals surface area contributed by atoms with Crippen LogP contribution in [-0.4, -0.2) is 106 Å². The van der Waals surface area contributed by atoms with E-state index in [1.165, 1.54) is 0 Å². The maximum Gasteiger partial charge on any atom is 0.222 e. The van der Waals surface area contributed by atoms with Crippen LogP contribution in [0.1, 0.15) is 71.1 Å². The van der Waals surface area contributed by atoms with Gasteiger partial charge in [-0.3, -0.25) is 9.59 Å². The molecule has 2 heterocycles. The van der Waals surface area contributed by atoms with Crippen LogP contribution in [0.2, 0.25) is 0 Å². The molecule has 0 aromatic carbocycles. The predicted octanol–water partition coefficient (Wildman–Crippen LogP) is 1.48. The van der Waals surface area contributed by atoms with Crippen molar-refractivity contribution in [2.24, 2.45) is 5.92 Å². The Hall–Kier alpha value is -0.750. The molecule has 7 atom stereocenters. The van der Waals surface area contributed by atoms with Crippen molar-refractivity contribution in [3.05, 3.63) is 0 Å². The molecule has 0 saturated carbocycles. The number of Topliss-reactive ketones (excluding diaryl/α,β-unsaturated/α-hetero) is 1. The third-order valence-corrected chi connectivity index (χ3v) is 8.38.